The molecule has 2 aromatic rings. The van der Waals surface area contributed by atoms with Crippen LogP contribution in [0.5, 0.6) is 5.75 Å². The molecule has 2 N–H and O–H groups in total. The molecule has 0 radical (unpaired) electrons. The van der Waals surface area contributed by atoms with Crippen LogP contribution in [-0.4, -0.2) is 24.5 Å². The summed E-state index contributed by atoms with van der Waals surface area (Å²) >= 11 is 0. The summed E-state index contributed by atoms with van der Waals surface area (Å²) in [5.41, 5.74) is 2.32. The molecule has 0 fully saturated rings. The lowest BCUT2D eigenvalue weighted by atomic mass is 10.2. The van der Waals surface area contributed by atoms with E-state index in [0.29, 0.717) is 18.2 Å². The van der Waals surface area contributed by atoms with Crippen LogP contribution in [0.15, 0.2) is 42.6 Å². The summed E-state index contributed by atoms with van der Waals surface area (Å²) in [7, 11) is 1.63. The van der Waals surface area contributed by atoms with E-state index >= 15 is 0 Å². The fourth-order valence-corrected chi connectivity index (χ4v) is 2.00. The van der Waals surface area contributed by atoms with Crippen molar-refractivity contribution in [3.63, 3.8) is 0 Å². The zero-order valence-electron chi connectivity index (χ0n) is 13.8. The smallest absolute Gasteiger partial charge is 0.270 e. The number of rotatable bonds is 7. The standard InChI is InChI=1S/C18H23N3O2/c1-13(2)11-20-15-8-9-19-17(10-15)18(22)21-12-14-4-6-16(23-3)7-5-14/h4-10,13H,11-12H2,1-3H3,(H,19,20)(H,21,22). The Kier molecular flexibility index (Phi) is 5.97. The molecular weight excluding hydrogens is 290 g/mol. The molecule has 0 saturated heterocycles. The number of aromatic nitrogens is 1. The van der Waals surface area contributed by atoms with Crippen molar-refractivity contribution in [1.29, 1.82) is 0 Å². The first-order valence-corrected chi connectivity index (χ1v) is 7.69. The Balaban J connectivity index is 1.93. The molecule has 0 aliphatic carbocycles. The molecule has 5 heteroatoms. The molecule has 1 aromatic heterocycles. The van der Waals surface area contributed by atoms with Crippen LogP contribution in [0.1, 0.15) is 29.9 Å². The maximum Gasteiger partial charge on any atom is 0.270 e. The minimum atomic E-state index is -0.186. The van der Waals surface area contributed by atoms with Gasteiger partial charge in [-0.05, 0) is 35.7 Å². The molecule has 0 saturated carbocycles. The number of nitrogens with one attached hydrogen (secondary N) is 2. The second kappa shape index (κ2) is 8.17. The second-order valence-corrected chi connectivity index (χ2v) is 5.74. The average molecular weight is 313 g/mol. The quantitative estimate of drug-likeness (QED) is 0.824. The minimum Gasteiger partial charge on any atom is -0.497 e. The van der Waals surface area contributed by atoms with E-state index in [4.69, 9.17) is 4.74 Å². The number of anilines is 1. The number of benzene rings is 1. The molecule has 1 heterocycles. The minimum absolute atomic E-state index is 0.186. The first-order chi connectivity index (χ1) is 11.1. The van der Waals surface area contributed by atoms with Crippen molar-refractivity contribution < 1.29 is 9.53 Å². The topological polar surface area (TPSA) is 63.2 Å². The van der Waals surface area contributed by atoms with E-state index in [0.717, 1.165) is 23.5 Å². The van der Waals surface area contributed by atoms with Crippen LogP contribution in [0.2, 0.25) is 0 Å². The Bertz CT molecular complexity index is 639. The van der Waals surface area contributed by atoms with Gasteiger partial charge in [0.15, 0.2) is 0 Å². The molecular formula is C18H23N3O2. The van der Waals surface area contributed by atoms with Gasteiger partial charge in [-0.1, -0.05) is 26.0 Å². The molecule has 0 aliphatic rings. The molecule has 0 unspecified atom stereocenters. The van der Waals surface area contributed by atoms with Crippen LogP contribution in [0, 0.1) is 5.92 Å². The molecule has 1 aromatic carbocycles. The van der Waals surface area contributed by atoms with Crippen molar-refractivity contribution in [2.75, 3.05) is 19.0 Å². The van der Waals surface area contributed by atoms with Crippen LogP contribution in [0.25, 0.3) is 0 Å². The van der Waals surface area contributed by atoms with Gasteiger partial charge < -0.3 is 15.4 Å². The van der Waals surface area contributed by atoms with E-state index in [9.17, 15) is 4.79 Å². The summed E-state index contributed by atoms with van der Waals surface area (Å²) in [6, 6.07) is 11.2. The fourth-order valence-electron chi connectivity index (χ4n) is 2.00. The lowest BCUT2D eigenvalue weighted by Gasteiger charge is -2.10. The highest BCUT2D eigenvalue weighted by atomic mass is 16.5. The van der Waals surface area contributed by atoms with Gasteiger partial charge in [0.2, 0.25) is 0 Å². The molecule has 0 aliphatic heterocycles. The van der Waals surface area contributed by atoms with Crippen LogP contribution in [-0.2, 0) is 6.54 Å². The van der Waals surface area contributed by atoms with E-state index < -0.39 is 0 Å². The summed E-state index contributed by atoms with van der Waals surface area (Å²) < 4.78 is 5.11. The predicted octanol–water partition coefficient (Wildman–Crippen LogP) is 3.09. The highest BCUT2D eigenvalue weighted by Gasteiger charge is 2.08. The largest absolute Gasteiger partial charge is 0.497 e. The van der Waals surface area contributed by atoms with E-state index in [2.05, 4.69) is 29.5 Å². The zero-order chi connectivity index (χ0) is 16.7. The van der Waals surface area contributed by atoms with Crippen molar-refractivity contribution >= 4 is 11.6 Å². The predicted molar refractivity (Wildman–Crippen MR) is 91.7 cm³/mol. The van der Waals surface area contributed by atoms with Crippen molar-refractivity contribution in [3.8, 4) is 5.75 Å². The number of nitrogens with zero attached hydrogens (tertiary/aromatic N) is 1. The maximum absolute atomic E-state index is 12.2. The van der Waals surface area contributed by atoms with Gasteiger partial charge in [-0.3, -0.25) is 9.78 Å². The van der Waals surface area contributed by atoms with Crippen LogP contribution in [0.3, 0.4) is 0 Å². The first kappa shape index (κ1) is 16.8. The molecule has 1 amide bonds. The summed E-state index contributed by atoms with van der Waals surface area (Å²) in [5, 5.41) is 6.17. The Hall–Kier alpha value is -2.56. The summed E-state index contributed by atoms with van der Waals surface area (Å²) in [4.78, 5) is 16.3. The van der Waals surface area contributed by atoms with Gasteiger partial charge in [0, 0.05) is 25.0 Å². The molecule has 122 valence electrons. The highest BCUT2D eigenvalue weighted by molar-refractivity contribution is 5.93. The van der Waals surface area contributed by atoms with E-state index in [1.807, 2.05) is 30.3 Å². The number of carbonyl (C=O) groups is 1. The Morgan fingerprint density at radius 3 is 2.61 bits per heavy atom. The van der Waals surface area contributed by atoms with Crippen LogP contribution < -0.4 is 15.4 Å². The number of hydrogen-bond acceptors (Lipinski definition) is 4. The van der Waals surface area contributed by atoms with E-state index in [-0.39, 0.29) is 5.91 Å². The van der Waals surface area contributed by atoms with Gasteiger partial charge in [0.1, 0.15) is 11.4 Å². The van der Waals surface area contributed by atoms with Crippen molar-refractivity contribution in [3.05, 3.63) is 53.9 Å². The third-order valence-corrected chi connectivity index (χ3v) is 3.32. The highest BCUT2D eigenvalue weighted by Crippen LogP contribution is 2.12. The Morgan fingerprint density at radius 2 is 1.96 bits per heavy atom. The molecule has 0 atom stereocenters. The number of ether oxygens (including phenoxy) is 1. The third kappa shape index (κ3) is 5.29. The van der Waals surface area contributed by atoms with Gasteiger partial charge in [-0.15, -0.1) is 0 Å². The first-order valence-electron chi connectivity index (χ1n) is 7.69. The Morgan fingerprint density at radius 1 is 1.22 bits per heavy atom. The van der Waals surface area contributed by atoms with Gasteiger partial charge >= 0.3 is 0 Å². The average Bonchev–Trinajstić information content (AvgIpc) is 2.58. The molecule has 0 bridgehead atoms. The molecule has 23 heavy (non-hydrogen) atoms. The number of pyridine rings is 1. The van der Waals surface area contributed by atoms with Gasteiger partial charge in [0.25, 0.3) is 5.91 Å². The SMILES string of the molecule is COc1ccc(CNC(=O)c2cc(NCC(C)C)ccn2)cc1. The van der Waals surface area contributed by atoms with E-state index in [1.54, 1.807) is 19.4 Å². The summed E-state index contributed by atoms with van der Waals surface area (Å²) in [5.74, 6) is 1.15. The van der Waals surface area contributed by atoms with Gasteiger partial charge in [0.05, 0.1) is 7.11 Å². The zero-order valence-corrected chi connectivity index (χ0v) is 13.8. The monoisotopic (exact) mass is 313 g/mol. The van der Waals surface area contributed by atoms with E-state index in [1.165, 1.54) is 0 Å². The number of carbonyl (C=O) groups excluding carboxylic acids is 1. The van der Waals surface area contributed by atoms with Gasteiger partial charge in [-0.25, -0.2) is 0 Å². The van der Waals surface area contributed by atoms with Gasteiger partial charge in [-0.2, -0.15) is 0 Å². The maximum atomic E-state index is 12.2. The van der Waals surface area contributed by atoms with Crippen molar-refractivity contribution in [2.24, 2.45) is 5.92 Å². The lowest BCUT2D eigenvalue weighted by Crippen LogP contribution is -2.24. The lowest BCUT2D eigenvalue weighted by molar-refractivity contribution is 0.0946. The third-order valence-electron chi connectivity index (χ3n) is 3.32. The molecule has 2 rings (SSSR count). The molecule has 5 nitrogen and oxygen atoms in total. The van der Waals surface area contributed by atoms with Crippen molar-refractivity contribution in [1.82, 2.24) is 10.3 Å². The van der Waals surface area contributed by atoms with Crippen LogP contribution >= 0.6 is 0 Å². The summed E-state index contributed by atoms with van der Waals surface area (Å²) in [6.07, 6.45) is 1.64. The number of amides is 1. The number of methoxy groups -OCH3 is 1. The number of hydrogen-bond donors (Lipinski definition) is 2. The fraction of sp³-hybridized carbons (Fsp3) is 0.333. The molecule has 0 spiro atoms. The second-order valence-electron chi connectivity index (χ2n) is 5.74. The Labute approximate surface area is 137 Å². The van der Waals surface area contributed by atoms with Crippen molar-refractivity contribution in [2.45, 2.75) is 20.4 Å². The summed E-state index contributed by atoms with van der Waals surface area (Å²) in [6.45, 7) is 5.58. The normalized spacial score (nSPS) is 10.4. The van der Waals surface area contributed by atoms with Crippen LogP contribution in [0.4, 0.5) is 5.69 Å².